The number of halogens is 2. The van der Waals surface area contributed by atoms with Gasteiger partial charge in [-0.05, 0) is 54.2 Å². The van der Waals surface area contributed by atoms with Crippen LogP contribution in [0.25, 0.3) is 0 Å². The van der Waals surface area contributed by atoms with E-state index in [1.165, 1.54) is 29.2 Å². The molecule has 1 fully saturated rings. The van der Waals surface area contributed by atoms with Crippen molar-refractivity contribution in [3.05, 3.63) is 76.6 Å². The van der Waals surface area contributed by atoms with Crippen molar-refractivity contribution >= 4 is 17.6 Å². The van der Waals surface area contributed by atoms with E-state index in [1.807, 2.05) is 12.1 Å². The van der Waals surface area contributed by atoms with Crippen LogP contribution in [0.3, 0.4) is 0 Å². The Labute approximate surface area is 214 Å². The number of carboxylic acids is 1. The maximum absolute atomic E-state index is 14.9. The number of rotatable bonds is 12. The second kappa shape index (κ2) is 11.7. The summed E-state index contributed by atoms with van der Waals surface area (Å²) in [5.74, 6) is -1.08. The number of aromatic nitrogens is 1. The van der Waals surface area contributed by atoms with Crippen LogP contribution >= 0.6 is 11.6 Å². The minimum absolute atomic E-state index is 0.0527. The number of ether oxygens (including phenoxy) is 1. The van der Waals surface area contributed by atoms with Crippen LogP contribution in [0.1, 0.15) is 42.9 Å². The van der Waals surface area contributed by atoms with Crippen molar-refractivity contribution in [3.8, 4) is 17.5 Å². The lowest BCUT2D eigenvalue weighted by atomic mass is 9.84. The van der Waals surface area contributed by atoms with E-state index >= 15 is 0 Å². The second-order valence-corrected chi connectivity index (χ2v) is 9.64. The first-order valence-corrected chi connectivity index (χ1v) is 12.4. The molecule has 0 aliphatic heterocycles. The minimum atomic E-state index is -0.900. The zero-order chi connectivity index (χ0) is 25.7. The molecular formula is C27H30ClFN2O5. The highest BCUT2D eigenvalue weighted by Crippen LogP contribution is 2.34. The fourth-order valence-electron chi connectivity index (χ4n) is 4.53. The van der Waals surface area contributed by atoms with Crippen molar-refractivity contribution in [1.29, 1.82) is 0 Å². The van der Waals surface area contributed by atoms with Gasteiger partial charge in [0.05, 0.1) is 13.0 Å². The molecule has 1 aliphatic carbocycles. The molecule has 3 N–H and O–H groups in total. The van der Waals surface area contributed by atoms with Gasteiger partial charge in [0.1, 0.15) is 6.61 Å². The molecular weight excluding hydrogens is 487 g/mol. The van der Waals surface area contributed by atoms with Crippen molar-refractivity contribution in [1.82, 2.24) is 9.47 Å². The average Bonchev–Trinajstić information content (AvgIpc) is 3.13. The summed E-state index contributed by atoms with van der Waals surface area (Å²) in [4.78, 5) is 13.9. The molecule has 0 bridgehead atoms. The number of nitrogens with zero attached hydrogens (tertiary/aromatic N) is 2. The van der Waals surface area contributed by atoms with Gasteiger partial charge in [-0.3, -0.25) is 14.3 Å². The molecule has 36 heavy (non-hydrogen) atoms. The van der Waals surface area contributed by atoms with E-state index < -0.39 is 11.8 Å². The first-order valence-electron chi connectivity index (χ1n) is 12.0. The third-order valence-corrected chi connectivity index (χ3v) is 6.92. The van der Waals surface area contributed by atoms with E-state index in [2.05, 4.69) is 4.90 Å². The number of hydrogen-bond acceptors (Lipinski definition) is 5. The summed E-state index contributed by atoms with van der Waals surface area (Å²) in [7, 11) is 0. The number of benzene rings is 2. The summed E-state index contributed by atoms with van der Waals surface area (Å²) in [5, 5.41) is 29.6. The zero-order valence-corrected chi connectivity index (χ0v) is 20.6. The lowest BCUT2D eigenvalue weighted by Crippen LogP contribution is -2.36. The van der Waals surface area contributed by atoms with Gasteiger partial charge in [0, 0.05) is 36.3 Å². The Hall–Kier alpha value is -3.23. The molecule has 9 heteroatoms. The zero-order valence-electron chi connectivity index (χ0n) is 19.8. The Morgan fingerprint density at radius 3 is 2.39 bits per heavy atom. The van der Waals surface area contributed by atoms with Crippen LogP contribution in [0.5, 0.6) is 17.5 Å². The fourth-order valence-corrected chi connectivity index (χ4v) is 4.66. The highest BCUT2D eigenvalue weighted by atomic mass is 35.5. The van der Waals surface area contributed by atoms with Gasteiger partial charge in [-0.25, -0.2) is 4.39 Å². The van der Waals surface area contributed by atoms with Gasteiger partial charge in [0.15, 0.2) is 23.3 Å². The number of aliphatic carboxylic acids is 1. The summed E-state index contributed by atoms with van der Waals surface area (Å²) < 4.78 is 21.7. The maximum Gasteiger partial charge on any atom is 0.305 e. The van der Waals surface area contributed by atoms with Crippen molar-refractivity contribution in [3.63, 3.8) is 0 Å². The molecule has 7 nitrogen and oxygen atoms in total. The predicted octanol–water partition coefficient (Wildman–Crippen LogP) is 5.59. The molecule has 1 heterocycles. The van der Waals surface area contributed by atoms with E-state index in [9.17, 15) is 24.5 Å². The summed E-state index contributed by atoms with van der Waals surface area (Å²) in [6.07, 6.45) is 3.30. The monoisotopic (exact) mass is 516 g/mol. The summed E-state index contributed by atoms with van der Waals surface area (Å²) in [6, 6.07) is 14.3. The molecule has 1 saturated carbocycles. The van der Waals surface area contributed by atoms with Crippen LogP contribution in [-0.2, 0) is 17.9 Å². The highest BCUT2D eigenvalue weighted by Gasteiger charge is 2.28. The average molecular weight is 517 g/mol. The van der Waals surface area contributed by atoms with Gasteiger partial charge >= 0.3 is 5.97 Å². The lowest BCUT2D eigenvalue weighted by Gasteiger charge is -2.37. The van der Waals surface area contributed by atoms with Gasteiger partial charge in [0.25, 0.3) is 0 Å². The Balaban J connectivity index is 1.48. The summed E-state index contributed by atoms with van der Waals surface area (Å²) in [5.41, 5.74) is 1.57. The van der Waals surface area contributed by atoms with Crippen LogP contribution in [0, 0.1) is 11.7 Å². The molecule has 2 aromatic carbocycles. The Kier molecular flexibility index (Phi) is 8.38. The van der Waals surface area contributed by atoms with E-state index in [0.29, 0.717) is 23.0 Å². The molecule has 192 valence electrons. The molecule has 0 saturated heterocycles. The molecule has 0 amide bonds. The number of hydrogen-bond donors (Lipinski definition) is 3. The maximum atomic E-state index is 14.9. The third-order valence-electron chi connectivity index (χ3n) is 6.67. The minimum Gasteiger partial charge on any atom is -0.494 e. The molecule has 1 aromatic heterocycles. The van der Waals surface area contributed by atoms with Gasteiger partial charge in [-0.2, -0.15) is 0 Å². The normalized spacial score (nSPS) is 14.5. The molecule has 0 radical (unpaired) electrons. The van der Waals surface area contributed by atoms with Crippen molar-refractivity contribution in [2.45, 2.75) is 44.8 Å². The second-order valence-electron chi connectivity index (χ2n) is 9.21. The smallest absolute Gasteiger partial charge is 0.305 e. The highest BCUT2D eigenvalue weighted by molar-refractivity contribution is 6.30. The van der Waals surface area contributed by atoms with Crippen molar-refractivity contribution < 1.29 is 29.2 Å². The number of carbonyl (C=O) groups is 1. The third kappa shape index (κ3) is 6.50. The van der Waals surface area contributed by atoms with E-state index in [-0.39, 0.29) is 43.1 Å². The van der Waals surface area contributed by atoms with Crippen LogP contribution in [-0.4, -0.2) is 43.9 Å². The quantitative estimate of drug-likeness (QED) is 0.290. The Morgan fingerprint density at radius 1 is 1.11 bits per heavy atom. The summed E-state index contributed by atoms with van der Waals surface area (Å²) >= 11 is 6.05. The predicted molar refractivity (Wildman–Crippen MR) is 134 cm³/mol. The summed E-state index contributed by atoms with van der Waals surface area (Å²) in [6.45, 7) is 1.32. The molecule has 1 atom stereocenters. The molecule has 3 aromatic rings. The SMILES string of the molecule is O=C(O)C[C@H](c1ccc(Cl)cc1)N(Cc1ccc(OCCn2c(O)ccc2O)c(F)c1)CC1CCC1. The molecule has 0 unspecified atom stereocenters. The van der Waals surface area contributed by atoms with Crippen LogP contribution < -0.4 is 4.74 Å². The largest absolute Gasteiger partial charge is 0.494 e. The molecule has 0 spiro atoms. The molecule has 1 aliphatic rings. The van der Waals surface area contributed by atoms with Gasteiger partial charge < -0.3 is 20.1 Å². The van der Waals surface area contributed by atoms with Gasteiger partial charge in [-0.15, -0.1) is 0 Å². The standard InChI is InChI=1S/C27H30ClFN2O5/c28-21-7-5-20(6-8-21)23(15-27(34)35)30(16-18-2-1-3-18)17-19-4-9-24(22(29)14-19)36-13-12-31-25(32)10-11-26(31)33/h4-11,14,18,23,32-33H,1-3,12-13,15-17H2,(H,34,35)/t23-/m1/s1. The van der Waals surface area contributed by atoms with Crippen LogP contribution in [0.15, 0.2) is 54.6 Å². The first kappa shape index (κ1) is 25.9. The fraction of sp³-hybridized carbons (Fsp3) is 0.370. The first-order chi connectivity index (χ1) is 17.3. The Morgan fingerprint density at radius 2 is 1.81 bits per heavy atom. The number of carboxylic acid groups (broad SMARTS) is 1. The van der Waals surface area contributed by atoms with Crippen molar-refractivity contribution in [2.75, 3.05) is 13.2 Å². The van der Waals surface area contributed by atoms with E-state index in [1.54, 1.807) is 24.3 Å². The topological polar surface area (TPSA) is 95.2 Å². The lowest BCUT2D eigenvalue weighted by molar-refractivity contribution is -0.138. The van der Waals surface area contributed by atoms with Gasteiger partial charge in [-0.1, -0.05) is 36.2 Å². The number of aromatic hydroxyl groups is 2. The van der Waals surface area contributed by atoms with Crippen LogP contribution in [0.2, 0.25) is 5.02 Å². The Bertz CT molecular complexity index is 1160. The van der Waals surface area contributed by atoms with Gasteiger partial charge in [0.2, 0.25) is 0 Å². The molecule has 4 rings (SSSR count). The van der Waals surface area contributed by atoms with Crippen molar-refractivity contribution in [2.24, 2.45) is 5.92 Å². The van der Waals surface area contributed by atoms with E-state index in [0.717, 1.165) is 24.9 Å². The van der Waals surface area contributed by atoms with E-state index in [4.69, 9.17) is 16.3 Å². The van der Waals surface area contributed by atoms with Crippen LogP contribution in [0.4, 0.5) is 4.39 Å².